The Balaban J connectivity index is 2.68. The minimum absolute atomic E-state index is 0.648. The van der Waals surface area contributed by atoms with Gasteiger partial charge in [0.05, 0.1) is 0 Å². The minimum Gasteiger partial charge on any atom is -0.489 e. The Morgan fingerprint density at radius 3 is 2.30 bits per heavy atom. The maximum atomic E-state index is 5.88. The third kappa shape index (κ3) is 5.79. The summed E-state index contributed by atoms with van der Waals surface area (Å²) in [7, 11) is 0. The smallest absolute Gasteiger partial charge is 0.125 e. The van der Waals surface area contributed by atoms with Gasteiger partial charge in [-0.25, -0.2) is 0 Å². The molecule has 0 amide bonds. The van der Waals surface area contributed by atoms with Crippen molar-refractivity contribution >= 4 is 0 Å². The van der Waals surface area contributed by atoms with Crippen LogP contribution in [0.25, 0.3) is 0 Å². The largest absolute Gasteiger partial charge is 0.489 e. The number of hydrogen-bond donors (Lipinski definition) is 1. The summed E-state index contributed by atoms with van der Waals surface area (Å²) in [5, 5.41) is 3.48. The van der Waals surface area contributed by atoms with E-state index in [0.717, 1.165) is 18.8 Å². The van der Waals surface area contributed by atoms with E-state index in [1.807, 2.05) is 0 Å². The van der Waals surface area contributed by atoms with Gasteiger partial charge in [0.25, 0.3) is 0 Å². The molecule has 1 aromatic carbocycles. The Bertz CT molecular complexity index is 433. The van der Waals surface area contributed by atoms with Gasteiger partial charge in [-0.1, -0.05) is 31.6 Å². The van der Waals surface area contributed by atoms with Crippen LogP contribution in [-0.2, 0) is 6.54 Å². The number of aryl methyl sites for hydroxylation is 2. The summed E-state index contributed by atoms with van der Waals surface area (Å²) >= 11 is 0. The lowest BCUT2D eigenvalue weighted by atomic mass is 10.1. The van der Waals surface area contributed by atoms with Crippen molar-refractivity contribution in [3.63, 3.8) is 0 Å². The van der Waals surface area contributed by atoms with Gasteiger partial charge in [-0.05, 0) is 62.9 Å². The number of rotatable bonds is 7. The molecule has 0 aliphatic heterocycles. The molecule has 2 heteroatoms. The third-order valence-electron chi connectivity index (χ3n) is 3.12. The van der Waals surface area contributed by atoms with Crippen molar-refractivity contribution in [1.29, 1.82) is 0 Å². The highest BCUT2D eigenvalue weighted by atomic mass is 16.5. The molecule has 1 aromatic rings. The lowest BCUT2D eigenvalue weighted by Gasteiger charge is -2.14. The van der Waals surface area contributed by atoms with E-state index >= 15 is 0 Å². The van der Waals surface area contributed by atoms with Crippen LogP contribution in [0.1, 0.15) is 44.4 Å². The highest BCUT2D eigenvalue weighted by Gasteiger charge is 2.06. The molecule has 0 radical (unpaired) electrons. The molecule has 2 nitrogen and oxygen atoms in total. The molecule has 0 aliphatic carbocycles. The first-order valence-electron chi connectivity index (χ1n) is 7.47. The predicted octanol–water partition coefficient (Wildman–Crippen LogP) is 4.39. The number of hydrogen-bond acceptors (Lipinski definition) is 2. The van der Waals surface area contributed by atoms with Crippen molar-refractivity contribution in [1.82, 2.24) is 5.32 Å². The zero-order valence-corrected chi connectivity index (χ0v) is 13.8. The molecule has 0 fully saturated rings. The van der Waals surface area contributed by atoms with E-state index < -0.39 is 0 Å². The molecular formula is C18H29NO. The molecule has 0 saturated carbocycles. The van der Waals surface area contributed by atoms with Crippen molar-refractivity contribution in [3.05, 3.63) is 40.5 Å². The molecular weight excluding hydrogens is 246 g/mol. The van der Waals surface area contributed by atoms with E-state index in [1.54, 1.807) is 0 Å². The van der Waals surface area contributed by atoms with Gasteiger partial charge in [-0.15, -0.1) is 0 Å². The highest BCUT2D eigenvalue weighted by molar-refractivity contribution is 5.43. The minimum atomic E-state index is 0.648. The Morgan fingerprint density at radius 2 is 1.80 bits per heavy atom. The first-order valence-corrected chi connectivity index (χ1v) is 7.47. The van der Waals surface area contributed by atoms with Crippen molar-refractivity contribution in [2.24, 2.45) is 5.92 Å². The number of nitrogens with one attached hydrogen (secondary N) is 1. The average Bonchev–Trinajstić information content (AvgIpc) is 2.32. The zero-order valence-electron chi connectivity index (χ0n) is 13.8. The van der Waals surface area contributed by atoms with Crippen LogP contribution < -0.4 is 10.1 Å². The molecule has 0 atom stereocenters. The normalized spacial score (nSPS) is 10.8. The van der Waals surface area contributed by atoms with Crippen LogP contribution >= 0.6 is 0 Å². The third-order valence-corrected chi connectivity index (χ3v) is 3.12. The first-order chi connectivity index (χ1) is 9.40. The summed E-state index contributed by atoms with van der Waals surface area (Å²) in [6, 6.07) is 4.44. The van der Waals surface area contributed by atoms with Gasteiger partial charge in [0.2, 0.25) is 0 Å². The van der Waals surface area contributed by atoms with E-state index in [-0.39, 0.29) is 0 Å². The van der Waals surface area contributed by atoms with Crippen molar-refractivity contribution in [2.45, 2.75) is 48.1 Å². The summed E-state index contributed by atoms with van der Waals surface area (Å²) < 4.78 is 5.88. The fourth-order valence-electron chi connectivity index (χ4n) is 2.17. The Labute approximate surface area is 124 Å². The summed E-state index contributed by atoms with van der Waals surface area (Å²) in [5.74, 6) is 1.71. The first kappa shape index (κ1) is 16.8. The van der Waals surface area contributed by atoms with Crippen LogP contribution in [0.3, 0.4) is 0 Å². The number of allylic oxidation sites excluding steroid dienone is 1. The molecule has 0 aliphatic rings. The van der Waals surface area contributed by atoms with Crippen molar-refractivity contribution < 1.29 is 4.74 Å². The van der Waals surface area contributed by atoms with Gasteiger partial charge in [0.15, 0.2) is 0 Å². The van der Waals surface area contributed by atoms with E-state index in [2.05, 4.69) is 65.1 Å². The predicted molar refractivity (Wildman–Crippen MR) is 87.4 cm³/mol. The van der Waals surface area contributed by atoms with E-state index in [1.165, 1.54) is 22.3 Å². The van der Waals surface area contributed by atoms with Crippen LogP contribution in [0.4, 0.5) is 0 Å². The lowest BCUT2D eigenvalue weighted by molar-refractivity contribution is 0.356. The summed E-state index contributed by atoms with van der Waals surface area (Å²) in [4.78, 5) is 0. The van der Waals surface area contributed by atoms with Gasteiger partial charge < -0.3 is 10.1 Å². The highest BCUT2D eigenvalue weighted by Crippen LogP contribution is 2.25. The maximum absolute atomic E-state index is 5.88. The SMILES string of the molecule is CC(C)=CCOc1c(C)cc(CNCC(C)C)cc1C. The maximum Gasteiger partial charge on any atom is 0.125 e. The molecule has 20 heavy (non-hydrogen) atoms. The summed E-state index contributed by atoms with van der Waals surface area (Å²) in [6.07, 6.45) is 2.11. The van der Waals surface area contributed by atoms with Gasteiger partial charge in [-0.3, -0.25) is 0 Å². The molecule has 1 N–H and O–H groups in total. The van der Waals surface area contributed by atoms with Gasteiger partial charge in [0, 0.05) is 6.54 Å². The topological polar surface area (TPSA) is 21.3 Å². The molecule has 1 rings (SSSR count). The lowest BCUT2D eigenvalue weighted by Crippen LogP contribution is -2.19. The second-order valence-electron chi connectivity index (χ2n) is 6.18. The van der Waals surface area contributed by atoms with Crippen LogP contribution in [0.15, 0.2) is 23.8 Å². The second-order valence-corrected chi connectivity index (χ2v) is 6.18. The van der Waals surface area contributed by atoms with Crippen LogP contribution in [0.2, 0.25) is 0 Å². The van der Waals surface area contributed by atoms with Crippen LogP contribution in [0, 0.1) is 19.8 Å². The second kappa shape index (κ2) is 8.11. The fraction of sp³-hybridized carbons (Fsp3) is 0.556. The molecule has 112 valence electrons. The van der Waals surface area contributed by atoms with Crippen LogP contribution in [-0.4, -0.2) is 13.2 Å². The Kier molecular flexibility index (Phi) is 6.80. The number of benzene rings is 1. The molecule has 0 unspecified atom stereocenters. The van der Waals surface area contributed by atoms with E-state index in [9.17, 15) is 0 Å². The van der Waals surface area contributed by atoms with E-state index in [0.29, 0.717) is 12.5 Å². The molecule has 0 bridgehead atoms. The molecule has 0 heterocycles. The van der Waals surface area contributed by atoms with Crippen LogP contribution in [0.5, 0.6) is 5.75 Å². The quantitative estimate of drug-likeness (QED) is 0.745. The molecule has 0 saturated heterocycles. The summed E-state index contributed by atoms with van der Waals surface area (Å²) in [6.45, 7) is 15.5. The van der Waals surface area contributed by atoms with Gasteiger partial charge in [-0.2, -0.15) is 0 Å². The Morgan fingerprint density at radius 1 is 1.20 bits per heavy atom. The fourth-order valence-corrected chi connectivity index (χ4v) is 2.17. The zero-order chi connectivity index (χ0) is 15.1. The standard InChI is InChI=1S/C18H29NO/c1-13(2)7-8-20-18-15(5)9-17(10-16(18)6)12-19-11-14(3)4/h7,9-10,14,19H,8,11-12H2,1-6H3. The van der Waals surface area contributed by atoms with Crippen molar-refractivity contribution in [3.8, 4) is 5.75 Å². The van der Waals surface area contributed by atoms with Gasteiger partial charge >= 0.3 is 0 Å². The average molecular weight is 275 g/mol. The Hall–Kier alpha value is -1.28. The van der Waals surface area contributed by atoms with E-state index in [4.69, 9.17) is 4.74 Å². The molecule has 0 spiro atoms. The van der Waals surface area contributed by atoms with Crippen molar-refractivity contribution in [2.75, 3.05) is 13.2 Å². The van der Waals surface area contributed by atoms with Gasteiger partial charge in [0.1, 0.15) is 12.4 Å². The summed E-state index contributed by atoms with van der Waals surface area (Å²) in [5.41, 5.74) is 5.05. The number of ether oxygens (including phenoxy) is 1. The molecule has 0 aromatic heterocycles. The monoisotopic (exact) mass is 275 g/mol.